The van der Waals surface area contributed by atoms with Crippen molar-refractivity contribution in [2.75, 3.05) is 32.3 Å². The van der Waals surface area contributed by atoms with Gasteiger partial charge in [0.25, 0.3) is 5.91 Å². The molecule has 3 atom stereocenters. The van der Waals surface area contributed by atoms with Gasteiger partial charge in [0.1, 0.15) is 6.04 Å². The van der Waals surface area contributed by atoms with Crippen LogP contribution in [0.5, 0.6) is 0 Å². The van der Waals surface area contributed by atoms with Crippen LogP contribution < -0.4 is 5.32 Å². The second kappa shape index (κ2) is 16.9. The molecule has 2 aliphatic rings. The Morgan fingerprint density at radius 1 is 1.07 bits per heavy atom. The molecule has 2 fully saturated rings. The summed E-state index contributed by atoms with van der Waals surface area (Å²) in [6, 6.07) is 13.4. The molecule has 1 saturated heterocycles. The monoisotopic (exact) mass is 582 g/mol. The average Bonchev–Trinajstić information content (AvgIpc) is 3.30. The van der Waals surface area contributed by atoms with Crippen LogP contribution in [0.1, 0.15) is 80.3 Å². The number of aliphatic carboxylic acids is 1. The molecular formula is C34H50N2O4S. The number of benzene rings is 2. The van der Waals surface area contributed by atoms with Crippen LogP contribution in [0, 0.1) is 18.8 Å². The molecule has 6 nitrogen and oxygen atoms in total. The molecule has 2 N–H and O–H groups in total. The maximum Gasteiger partial charge on any atom is 0.326 e. The number of hydrogen-bond donors (Lipinski definition) is 2. The molecule has 41 heavy (non-hydrogen) atoms. The number of aryl methyl sites for hydroxylation is 1. The lowest BCUT2D eigenvalue weighted by atomic mass is 9.91. The number of likely N-dealkylation sites (tertiary alicyclic amines) is 1. The van der Waals surface area contributed by atoms with Crippen LogP contribution in [0.4, 0.5) is 0 Å². The first-order chi connectivity index (χ1) is 19.7. The van der Waals surface area contributed by atoms with Gasteiger partial charge < -0.3 is 15.2 Å². The zero-order valence-corrected chi connectivity index (χ0v) is 26.5. The number of nitrogens with one attached hydrogen (secondary N) is 1. The first kappa shape index (κ1) is 33.2. The Morgan fingerprint density at radius 3 is 2.41 bits per heavy atom. The van der Waals surface area contributed by atoms with Crippen LogP contribution in [0.25, 0.3) is 11.1 Å². The van der Waals surface area contributed by atoms with Gasteiger partial charge in [0.2, 0.25) is 0 Å². The maximum absolute atomic E-state index is 13.3. The Bertz CT molecular complexity index is 1120. The highest BCUT2D eigenvalue weighted by Gasteiger charge is 2.30. The van der Waals surface area contributed by atoms with Crippen molar-refractivity contribution >= 4 is 23.6 Å². The molecule has 4 rings (SSSR count). The summed E-state index contributed by atoms with van der Waals surface area (Å²) >= 11 is 1.56. The Balaban J connectivity index is 0.000000575. The minimum absolute atomic E-state index is 0.356. The van der Waals surface area contributed by atoms with Crippen molar-refractivity contribution in [2.24, 2.45) is 11.8 Å². The molecule has 1 aliphatic carbocycles. The van der Waals surface area contributed by atoms with E-state index in [-0.39, 0.29) is 5.91 Å². The third kappa shape index (κ3) is 10.2. The summed E-state index contributed by atoms with van der Waals surface area (Å²) in [5, 5.41) is 12.3. The summed E-state index contributed by atoms with van der Waals surface area (Å²) in [5.74, 6) is 0.954. The van der Waals surface area contributed by atoms with Crippen molar-refractivity contribution in [3.8, 4) is 11.1 Å². The van der Waals surface area contributed by atoms with Gasteiger partial charge in [0.15, 0.2) is 0 Å². The van der Waals surface area contributed by atoms with Gasteiger partial charge in [0, 0.05) is 31.8 Å². The summed E-state index contributed by atoms with van der Waals surface area (Å²) in [6.45, 7) is 9.17. The van der Waals surface area contributed by atoms with Crippen LogP contribution in [0.2, 0.25) is 0 Å². The number of carbonyl (C=O) groups is 2. The molecule has 2 aromatic rings. The molecule has 0 aromatic heterocycles. The predicted octanol–water partition coefficient (Wildman–Crippen LogP) is 7.04. The first-order valence-corrected chi connectivity index (χ1v) is 16.6. The molecule has 2 unspecified atom stereocenters. The predicted molar refractivity (Wildman–Crippen MR) is 171 cm³/mol. The van der Waals surface area contributed by atoms with E-state index in [0.29, 0.717) is 36.3 Å². The van der Waals surface area contributed by atoms with Crippen LogP contribution in [0.15, 0.2) is 42.5 Å². The number of nitrogens with zero attached hydrogens (tertiary/aromatic N) is 1. The van der Waals surface area contributed by atoms with Crippen molar-refractivity contribution in [3.63, 3.8) is 0 Å². The second-order valence-electron chi connectivity index (χ2n) is 12.0. The van der Waals surface area contributed by atoms with Crippen molar-refractivity contribution in [2.45, 2.75) is 84.3 Å². The van der Waals surface area contributed by atoms with E-state index in [1.165, 1.54) is 32.1 Å². The van der Waals surface area contributed by atoms with E-state index in [4.69, 9.17) is 4.74 Å². The summed E-state index contributed by atoms with van der Waals surface area (Å²) in [6.07, 6.45) is 10.9. The van der Waals surface area contributed by atoms with Crippen LogP contribution in [-0.2, 0) is 16.1 Å². The zero-order valence-electron chi connectivity index (χ0n) is 25.7. The summed E-state index contributed by atoms with van der Waals surface area (Å²) in [4.78, 5) is 27.4. The molecule has 1 aliphatic heterocycles. The SMILES string of the molecule is CC1CCCCC1.COC[C@@H]1CC(C)CN1Cc1ccc(C(=O)NC(CCSC)C(=O)O)c(-c2ccccc2C)c1. The highest BCUT2D eigenvalue weighted by molar-refractivity contribution is 7.98. The fourth-order valence-corrected chi connectivity index (χ4v) is 6.52. The highest BCUT2D eigenvalue weighted by Crippen LogP contribution is 2.31. The zero-order chi connectivity index (χ0) is 29.8. The molecular weight excluding hydrogens is 532 g/mol. The number of ether oxygens (including phenoxy) is 1. The largest absolute Gasteiger partial charge is 0.480 e. The van der Waals surface area contributed by atoms with E-state index in [1.54, 1.807) is 18.9 Å². The molecule has 2 aromatic carbocycles. The van der Waals surface area contributed by atoms with E-state index in [0.717, 1.165) is 47.7 Å². The number of carboxylic acid groups (broad SMARTS) is 1. The molecule has 0 bridgehead atoms. The van der Waals surface area contributed by atoms with Crippen LogP contribution >= 0.6 is 11.8 Å². The number of amides is 1. The van der Waals surface area contributed by atoms with E-state index >= 15 is 0 Å². The molecule has 0 spiro atoms. The minimum atomic E-state index is -1.01. The summed E-state index contributed by atoms with van der Waals surface area (Å²) in [7, 11) is 1.74. The fourth-order valence-electron chi connectivity index (χ4n) is 6.05. The Kier molecular flexibility index (Phi) is 13.7. The van der Waals surface area contributed by atoms with Gasteiger partial charge in [-0.1, -0.05) is 76.3 Å². The minimum Gasteiger partial charge on any atom is -0.480 e. The number of methoxy groups -OCH3 is 1. The third-order valence-electron chi connectivity index (χ3n) is 8.35. The number of rotatable bonds is 11. The molecule has 7 heteroatoms. The average molecular weight is 583 g/mol. The number of thioether (sulfide) groups is 1. The summed E-state index contributed by atoms with van der Waals surface area (Å²) in [5.41, 5.74) is 4.50. The second-order valence-corrected chi connectivity index (χ2v) is 12.9. The maximum atomic E-state index is 13.3. The van der Waals surface area contributed by atoms with Gasteiger partial charge in [-0.3, -0.25) is 9.69 Å². The van der Waals surface area contributed by atoms with Gasteiger partial charge in [-0.15, -0.1) is 0 Å². The standard InChI is InChI=1S/C27H36N2O4S.C7H14/c1-18-13-21(17-33-3)29(15-18)16-20-9-10-23(24(14-20)22-8-6-5-7-19(22)2)26(30)28-25(27(31)32)11-12-34-4;1-7-5-3-2-4-6-7/h5-10,14,18,21,25H,11-13,15-17H2,1-4H3,(H,28,30)(H,31,32);7H,2-6H2,1H3/t18?,21-,25?;/m0./s1. The molecule has 0 radical (unpaired) electrons. The van der Waals surface area contributed by atoms with Crippen molar-refractivity contribution in [1.82, 2.24) is 10.2 Å². The summed E-state index contributed by atoms with van der Waals surface area (Å²) < 4.78 is 5.44. The molecule has 226 valence electrons. The van der Waals surface area contributed by atoms with Crippen LogP contribution in [0.3, 0.4) is 0 Å². The normalized spacial score (nSPS) is 20.2. The lowest BCUT2D eigenvalue weighted by Gasteiger charge is -2.24. The van der Waals surface area contributed by atoms with Gasteiger partial charge in [-0.25, -0.2) is 4.79 Å². The highest BCUT2D eigenvalue weighted by atomic mass is 32.2. The number of carbonyl (C=O) groups excluding carboxylic acids is 1. The lowest BCUT2D eigenvalue weighted by molar-refractivity contribution is -0.139. The number of hydrogen-bond acceptors (Lipinski definition) is 5. The molecule has 1 amide bonds. The molecule has 1 saturated carbocycles. The van der Waals surface area contributed by atoms with E-state index in [2.05, 4.69) is 30.1 Å². The van der Waals surface area contributed by atoms with Gasteiger partial charge in [-0.05, 0) is 78.0 Å². The van der Waals surface area contributed by atoms with Crippen LogP contribution in [-0.4, -0.2) is 66.2 Å². The van der Waals surface area contributed by atoms with E-state index in [1.807, 2.05) is 49.6 Å². The third-order valence-corrected chi connectivity index (χ3v) is 9.00. The van der Waals surface area contributed by atoms with Gasteiger partial charge >= 0.3 is 5.97 Å². The van der Waals surface area contributed by atoms with Crippen molar-refractivity contribution in [3.05, 3.63) is 59.2 Å². The topological polar surface area (TPSA) is 78.9 Å². The van der Waals surface area contributed by atoms with E-state index in [9.17, 15) is 14.7 Å². The quantitative estimate of drug-likeness (QED) is 0.296. The fraction of sp³-hybridized carbons (Fsp3) is 0.588. The van der Waals surface area contributed by atoms with Crippen molar-refractivity contribution in [1.29, 1.82) is 0 Å². The smallest absolute Gasteiger partial charge is 0.326 e. The Hall–Kier alpha value is -2.35. The van der Waals surface area contributed by atoms with Gasteiger partial charge in [0.05, 0.1) is 6.61 Å². The van der Waals surface area contributed by atoms with Gasteiger partial charge in [-0.2, -0.15) is 11.8 Å². The van der Waals surface area contributed by atoms with Crippen molar-refractivity contribution < 1.29 is 19.4 Å². The Labute approximate surface area is 251 Å². The number of carboxylic acids is 1. The Morgan fingerprint density at radius 2 is 1.80 bits per heavy atom. The van der Waals surface area contributed by atoms with E-state index < -0.39 is 12.0 Å². The lowest BCUT2D eigenvalue weighted by Crippen LogP contribution is -2.41. The first-order valence-electron chi connectivity index (χ1n) is 15.2. The molecule has 1 heterocycles.